The summed E-state index contributed by atoms with van der Waals surface area (Å²) in [6, 6.07) is 6.42. The molecule has 2 rings (SSSR count). The van der Waals surface area contributed by atoms with Crippen LogP contribution in [0.4, 0.5) is 18.9 Å². The number of carbonyl (C=O) groups is 1. The fourth-order valence-electron chi connectivity index (χ4n) is 1.86. The number of para-hydroxylation sites is 1. The molecule has 0 saturated carbocycles. The molecule has 0 bridgehead atoms. The lowest BCUT2D eigenvalue weighted by atomic mass is 10.0. The fourth-order valence-corrected chi connectivity index (χ4v) is 1.86. The van der Waals surface area contributed by atoms with Crippen LogP contribution in [0.3, 0.4) is 0 Å². The monoisotopic (exact) mass is 229 g/mol. The van der Waals surface area contributed by atoms with E-state index >= 15 is 0 Å². The predicted octanol–water partition coefficient (Wildman–Crippen LogP) is 2.64. The van der Waals surface area contributed by atoms with Crippen molar-refractivity contribution in [2.75, 3.05) is 18.0 Å². The molecule has 0 aromatic heterocycles. The molecule has 5 heteroatoms. The molecule has 0 radical (unpaired) electrons. The summed E-state index contributed by atoms with van der Waals surface area (Å²) in [4.78, 5) is 12.7. The van der Waals surface area contributed by atoms with Crippen LogP contribution < -0.4 is 4.90 Å². The zero-order chi connectivity index (χ0) is 11.8. The third-order valence-corrected chi connectivity index (χ3v) is 2.52. The van der Waals surface area contributed by atoms with E-state index in [0.717, 1.165) is 0 Å². The number of ketones is 1. The minimum absolute atomic E-state index is 0.0889. The van der Waals surface area contributed by atoms with Crippen LogP contribution in [0.1, 0.15) is 16.8 Å². The van der Waals surface area contributed by atoms with E-state index < -0.39 is 12.7 Å². The van der Waals surface area contributed by atoms with Crippen molar-refractivity contribution in [3.8, 4) is 0 Å². The first kappa shape index (κ1) is 11.0. The molecule has 2 nitrogen and oxygen atoms in total. The molecule has 1 aromatic carbocycles. The van der Waals surface area contributed by atoms with E-state index in [4.69, 9.17) is 0 Å². The highest BCUT2D eigenvalue weighted by atomic mass is 19.4. The zero-order valence-corrected chi connectivity index (χ0v) is 8.42. The van der Waals surface area contributed by atoms with Crippen molar-refractivity contribution in [1.82, 2.24) is 0 Å². The van der Waals surface area contributed by atoms with Crippen molar-refractivity contribution in [3.63, 3.8) is 0 Å². The van der Waals surface area contributed by atoms with E-state index in [0.29, 0.717) is 11.3 Å². The number of alkyl halides is 3. The molecule has 1 aliphatic heterocycles. The third-order valence-electron chi connectivity index (χ3n) is 2.52. The molecule has 86 valence electrons. The second-order valence-corrected chi connectivity index (χ2v) is 3.73. The fraction of sp³-hybridized carbons (Fsp3) is 0.364. The van der Waals surface area contributed by atoms with Gasteiger partial charge in [0.2, 0.25) is 0 Å². The second kappa shape index (κ2) is 3.81. The quantitative estimate of drug-likeness (QED) is 0.737. The standard InChI is InChI=1S/C11H10F3NO/c12-11(13,14)7-15-6-5-10(16)8-3-1-2-4-9(8)15/h1-4H,5-7H2. The van der Waals surface area contributed by atoms with Gasteiger partial charge in [-0.15, -0.1) is 0 Å². The molecule has 0 atom stereocenters. The highest BCUT2D eigenvalue weighted by Crippen LogP contribution is 2.29. The first-order valence-electron chi connectivity index (χ1n) is 4.91. The van der Waals surface area contributed by atoms with E-state index in [1.807, 2.05) is 0 Å². The van der Waals surface area contributed by atoms with E-state index in [1.165, 1.54) is 4.90 Å². The average Bonchev–Trinajstić information content (AvgIpc) is 2.21. The van der Waals surface area contributed by atoms with Crippen LogP contribution in [0.2, 0.25) is 0 Å². The van der Waals surface area contributed by atoms with Crippen LogP contribution >= 0.6 is 0 Å². The summed E-state index contributed by atoms with van der Waals surface area (Å²) in [5.74, 6) is -0.0889. The number of anilines is 1. The number of Topliss-reactive ketones (excluding diaryl/α,β-unsaturated/α-hetero) is 1. The number of hydrogen-bond acceptors (Lipinski definition) is 2. The summed E-state index contributed by atoms with van der Waals surface area (Å²) in [7, 11) is 0. The van der Waals surface area contributed by atoms with Gasteiger partial charge in [-0.1, -0.05) is 12.1 Å². The Morgan fingerprint density at radius 2 is 1.94 bits per heavy atom. The van der Waals surface area contributed by atoms with Crippen LogP contribution in [0.15, 0.2) is 24.3 Å². The maximum absolute atomic E-state index is 12.3. The lowest BCUT2D eigenvalue weighted by molar-refractivity contribution is -0.119. The Bertz CT molecular complexity index is 414. The van der Waals surface area contributed by atoms with Crippen LogP contribution in [0.25, 0.3) is 0 Å². The van der Waals surface area contributed by atoms with Crippen LogP contribution in [-0.4, -0.2) is 25.0 Å². The molecule has 1 aromatic rings. The third kappa shape index (κ3) is 2.18. The topological polar surface area (TPSA) is 20.3 Å². The van der Waals surface area contributed by atoms with Gasteiger partial charge in [0, 0.05) is 24.2 Å². The van der Waals surface area contributed by atoms with Gasteiger partial charge in [0.05, 0.1) is 0 Å². The lowest BCUT2D eigenvalue weighted by Gasteiger charge is -2.30. The molecule has 0 aliphatic carbocycles. The van der Waals surface area contributed by atoms with Crippen molar-refractivity contribution in [3.05, 3.63) is 29.8 Å². The van der Waals surface area contributed by atoms with Gasteiger partial charge in [-0.3, -0.25) is 4.79 Å². The number of benzene rings is 1. The van der Waals surface area contributed by atoms with E-state index in [9.17, 15) is 18.0 Å². The number of fused-ring (bicyclic) bond motifs is 1. The van der Waals surface area contributed by atoms with Gasteiger partial charge in [-0.25, -0.2) is 0 Å². The summed E-state index contributed by atoms with van der Waals surface area (Å²) in [5, 5.41) is 0. The minimum Gasteiger partial charge on any atom is -0.362 e. The van der Waals surface area contributed by atoms with Crippen LogP contribution in [0, 0.1) is 0 Å². The van der Waals surface area contributed by atoms with Crippen LogP contribution in [0.5, 0.6) is 0 Å². The minimum atomic E-state index is -4.24. The average molecular weight is 229 g/mol. The van der Waals surface area contributed by atoms with Crippen molar-refractivity contribution in [2.45, 2.75) is 12.6 Å². The molecule has 0 amide bonds. The molecule has 1 aliphatic rings. The van der Waals surface area contributed by atoms with Gasteiger partial charge < -0.3 is 4.90 Å². The van der Waals surface area contributed by atoms with E-state index in [2.05, 4.69) is 0 Å². The molecule has 0 fully saturated rings. The van der Waals surface area contributed by atoms with Crippen molar-refractivity contribution in [1.29, 1.82) is 0 Å². The van der Waals surface area contributed by atoms with Gasteiger partial charge in [-0.05, 0) is 12.1 Å². The molecule has 0 saturated heterocycles. The van der Waals surface area contributed by atoms with Gasteiger partial charge in [0.1, 0.15) is 6.54 Å². The maximum Gasteiger partial charge on any atom is 0.405 e. The maximum atomic E-state index is 12.3. The Kier molecular flexibility index (Phi) is 2.61. The summed E-state index contributed by atoms with van der Waals surface area (Å²) in [5.41, 5.74) is 0.772. The normalized spacial score (nSPS) is 16.2. The Hall–Kier alpha value is -1.52. The zero-order valence-electron chi connectivity index (χ0n) is 8.42. The largest absolute Gasteiger partial charge is 0.405 e. The first-order valence-corrected chi connectivity index (χ1v) is 4.91. The van der Waals surface area contributed by atoms with Crippen molar-refractivity contribution < 1.29 is 18.0 Å². The van der Waals surface area contributed by atoms with E-state index in [-0.39, 0.29) is 18.7 Å². The van der Waals surface area contributed by atoms with E-state index in [1.54, 1.807) is 24.3 Å². The van der Waals surface area contributed by atoms with Crippen molar-refractivity contribution >= 4 is 11.5 Å². The summed E-state index contributed by atoms with van der Waals surface area (Å²) in [6.45, 7) is -0.868. The van der Waals surface area contributed by atoms with Crippen molar-refractivity contribution in [2.24, 2.45) is 0 Å². The highest BCUT2D eigenvalue weighted by molar-refractivity contribution is 6.03. The number of rotatable bonds is 1. The SMILES string of the molecule is O=C1CCN(CC(F)(F)F)c2ccccc21. The molecule has 1 heterocycles. The number of halogens is 3. The molecule has 16 heavy (non-hydrogen) atoms. The Labute approximate surface area is 90.7 Å². The molecule has 0 spiro atoms. The predicted molar refractivity (Wildman–Crippen MR) is 53.7 cm³/mol. The molecular formula is C11H10F3NO. The second-order valence-electron chi connectivity index (χ2n) is 3.73. The summed E-state index contributed by atoms with van der Waals surface area (Å²) in [6.07, 6.45) is -4.10. The Balaban J connectivity index is 2.31. The number of hydrogen-bond donors (Lipinski definition) is 0. The Morgan fingerprint density at radius 1 is 1.25 bits per heavy atom. The smallest absolute Gasteiger partial charge is 0.362 e. The number of nitrogens with zero attached hydrogens (tertiary/aromatic N) is 1. The lowest BCUT2D eigenvalue weighted by Crippen LogP contribution is -2.39. The highest BCUT2D eigenvalue weighted by Gasteiger charge is 2.33. The molecule has 0 unspecified atom stereocenters. The van der Waals surface area contributed by atoms with Gasteiger partial charge in [-0.2, -0.15) is 13.2 Å². The Morgan fingerprint density at radius 3 is 2.62 bits per heavy atom. The van der Waals surface area contributed by atoms with Gasteiger partial charge >= 0.3 is 6.18 Å². The first-order chi connectivity index (χ1) is 7.47. The number of carbonyl (C=O) groups excluding carboxylic acids is 1. The summed E-state index contributed by atoms with van der Waals surface area (Å²) >= 11 is 0. The summed E-state index contributed by atoms with van der Waals surface area (Å²) < 4.78 is 36.9. The molecule has 0 N–H and O–H groups in total. The molecular weight excluding hydrogens is 219 g/mol. The van der Waals surface area contributed by atoms with Gasteiger partial charge in [0.15, 0.2) is 5.78 Å². The van der Waals surface area contributed by atoms with Crippen LogP contribution in [-0.2, 0) is 0 Å². The van der Waals surface area contributed by atoms with Gasteiger partial charge in [0.25, 0.3) is 0 Å².